The Kier molecular flexibility index (Phi) is 2.86. The van der Waals surface area contributed by atoms with E-state index in [2.05, 4.69) is 0 Å². The van der Waals surface area contributed by atoms with Gasteiger partial charge in [-0.15, -0.1) is 0 Å². The summed E-state index contributed by atoms with van der Waals surface area (Å²) < 4.78 is 11.4. The van der Waals surface area contributed by atoms with E-state index in [0.717, 1.165) is 21.9 Å². The molecule has 0 aromatic heterocycles. The van der Waals surface area contributed by atoms with Crippen molar-refractivity contribution in [3.05, 3.63) is 77.4 Å². The van der Waals surface area contributed by atoms with Crippen LogP contribution in [0, 0.1) is 6.92 Å². The van der Waals surface area contributed by atoms with E-state index >= 15 is 0 Å². The zero-order valence-electron chi connectivity index (χ0n) is 12.1. The first-order chi connectivity index (χ1) is 10.7. The van der Waals surface area contributed by atoms with Gasteiger partial charge in [-0.3, -0.25) is 0 Å². The molecule has 3 aromatic rings. The second-order valence-corrected chi connectivity index (χ2v) is 5.43. The van der Waals surface area contributed by atoms with Crippen molar-refractivity contribution in [3.8, 4) is 5.75 Å². The van der Waals surface area contributed by atoms with Crippen molar-refractivity contribution in [1.82, 2.24) is 0 Å². The topological polar surface area (TPSA) is 35.5 Å². The first kappa shape index (κ1) is 12.9. The van der Waals surface area contributed by atoms with Gasteiger partial charge < -0.3 is 9.47 Å². The number of cyclic esters (lactones) is 1. The third kappa shape index (κ3) is 2.02. The summed E-state index contributed by atoms with van der Waals surface area (Å²) in [5.41, 5.74) is 2.45. The highest BCUT2D eigenvalue weighted by molar-refractivity contribution is 6.02. The van der Waals surface area contributed by atoms with Crippen LogP contribution in [-0.2, 0) is 4.74 Å². The van der Waals surface area contributed by atoms with E-state index in [1.54, 1.807) is 6.07 Å². The average Bonchev–Trinajstić information content (AvgIpc) is 2.55. The van der Waals surface area contributed by atoms with Crippen LogP contribution in [0.15, 0.2) is 60.7 Å². The summed E-state index contributed by atoms with van der Waals surface area (Å²) in [6, 6.07) is 19.3. The minimum Gasteiger partial charge on any atom is -0.449 e. The lowest BCUT2D eigenvalue weighted by atomic mass is 10.0. The van der Waals surface area contributed by atoms with E-state index in [0.29, 0.717) is 11.3 Å². The van der Waals surface area contributed by atoms with Gasteiger partial charge >= 0.3 is 5.97 Å². The summed E-state index contributed by atoms with van der Waals surface area (Å²) in [5, 5.41) is 1.97. The molecule has 3 aromatic carbocycles. The molecule has 0 radical (unpaired) electrons. The number of ether oxygens (including phenoxy) is 2. The summed E-state index contributed by atoms with van der Waals surface area (Å²) >= 11 is 0. The van der Waals surface area contributed by atoms with Gasteiger partial charge in [0.2, 0.25) is 0 Å². The van der Waals surface area contributed by atoms with Crippen LogP contribution in [0.3, 0.4) is 0 Å². The van der Waals surface area contributed by atoms with Crippen LogP contribution in [0.4, 0.5) is 0 Å². The highest BCUT2D eigenvalue weighted by Crippen LogP contribution is 2.38. The monoisotopic (exact) mass is 290 g/mol. The van der Waals surface area contributed by atoms with Gasteiger partial charge in [0.1, 0.15) is 11.3 Å². The van der Waals surface area contributed by atoms with Crippen LogP contribution < -0.4 is 4.74 Å². The quantitative estimate of drug-likeness (QED) is 0.623. The molecule has 1 aliphatic heterocycles. The predicted octanol–water partition coefficient (Wildman–Crippen LogP) is 4.40. The lowest BCUT2D eigenvalue weighted by Crippen LogP contribution is -2.23. The number of esters is 1. The van der Waals surface area contributed by atoms with Crippen molar-refractivity contribution in [2.45, 2.75) is 13.2 Å². The van der Waals surface area contributed by atoms with E-state index in [9.17, 15) is 4.79 Å². The van der Waals surface area contributed by atoms with Crippen LogP contribution in [0.5, 0.6) is 5.75 Å². The molecule has 0 fully saturated rings. The SMILES string of the molecule is Cc1ccc(C2OC(=O)c3ccc4ccccc4c3O2)cc1. The van der Waals surface area contributed by atoms with Crippen molar-refractivity contribution in [1.29, 1.82) is 0 Å². The Morgan fingerprint density at radius 1 is 0.864 bits per heavy atom. The lowest BCUT2D eigenvalue weighted by molar-refractivity contribution is -0.0615. The van der Waals surface area contributed by atoms with Crippen molar-refractivity contribution in [2.24, 2.45) is 0 Å². The third-order valence-corrected chi connectivity index (χ3v) is 3.89. The maximum absolute atomic E-state index is 12.3. The maximum atomic E-state index is 12.3. The molecule has 0 bridgehead atoms. The van der Waals surface area contributed by atoms with Crippen molar-refractivity contribution in [2.75, 3.05) is 0 Å². The first-order valence-corrected chi connectivity index (χ1v) is 7.18. The van der Waals surface area contributed by atoms with Crippen molar-refractivity contribution >= 4 is 16.7 Å². The highest BCUT2D eigenvalue weighted by atomic mass is 16.7. The van der Waals surface area contributed by atoms with Gasteiger partial charge in [0.05, 0.1) is 0 Å². The maximum Gasteiger partial charge on any atom is 0.345 e. The molecular weight excluding hydrogens is 276 g/mol. The van der Waals surface area contributed by atoms with E-state index in [-0.39, 0.29) is 5.97 Å². The first-order valence-electron chi connectivity index (χ1n) is 7.18. The Morgan fingerprint density at radius 2 is 1.64 bits per heavy atom. The van der Waals surface area contributed by atoms with Crippen LogP contribution in [-0.4, -0.2) is 5.97 Å². The Bertz CT molecular complexity index is 865. The summed E-state index contributed by atoms with van der Waals surface area (Å²) in [6.07, 6.45) is -0.702. The van der Waals surface area contributed by atoms with Crippen LogP contribution >= 0.6 is 0 Å². The van der Waals surface area contributed by atoms with Gasteiger partial charge in [0.25, 0.3) is 6.29 Å². The number of fused-ring (bicyclic) bond motifs is 3. The number of benzene rings is 3. The molecule has 0 N–H and O–H groups in total. The minimum absolute atomic E-state index is 0.349. The molecule has 108 valence electrons. The van der Waals surface area contributed by atoms with Crippen LogP contribution in [0.25, 0.3) is 10.8 Å². The Hall–Kier alpha value is -2.81. The molecule has 0 amide bonds. The smallest absolute Gasteiger partial charge is 0.345 e. The number of hydrogen-bond donors (Lipinski definition) is 0. The van der Waals surface area contributed by atoms with Gasteiger partial charge in [-0.25, -0.2) is 4.79 Å². The zero-order valence-corrected chi connectivity index (χ0v) is 12.1. The Labute approximate surface area is 128 Å². The molecule has 0 saturated carbocycles. The molecule has 1 atom stereocenters. The number of aryl methyl sites for hydroxylation is 1. The highest BCUT2D eigenvalue weighted by Gasteiger charge is 2.30. The van der Waals surface area contributed by atoms with E-state index in [4.69, 9.17) is 9.47 Å². The van der Waals surface area contributed by atoms with E-state index < -0.39 is 6.29 Å². The molecule has 4 rings (SSSR count). The predicted molar refractivity (Wildman–Crippen MR) is 83.9 cm³/mol. The molecule has 0 spiro atoms. The number of hydrogen-bond acceptors (Lipinski definition) is 3. The van der Waals surface area contributed by atoms with Gasteiger partial charge in [-0.2, -0.15) is 0 Å². The van der Waals surface area contributed by atoms with Gasteiger partial charge in [-0.05, 0) is 18.4 Å². The number of rotatable bonds is 1. The molecule has 3 heteroatoms. The Balaban J connectivity index is 1.83. The molecule has 1 unspecified atom stereocenters. The van der Waals surface area contributed by atoms with Gasteiger partial charge in [0, 0.05) is 10.9 Å². The summed E-state index contributed by atoms with van der Waals surface area (Å²) in [7, 11) is 0. The molecule has 3 nitrogen and oxygen atoms in total. The fourth-order valence-corrected chi connectivity index (χ4v) is 2.68. The zero-order chi connectivity index (χ0) is 15.1. The second kappa shape index (κ2) is 4.88. The lowest BCUT2D eigenvalue weighted by Gasteiger charge is -2.27. The largest absolute Gasteiger partial charge is 0.449 e. The van der Waals surface area contributed by atoms with Crippen LogP contribution in [0.2, 0.25) is 0 Å². The molecule has 0 saturated heterocycles. The summed E-state index contributed by atoms with van der Waals surface area (Å²) in [4.78, 5) is 12.3. The normalized spacial score (nSPS) is 16.8. The molecule has 1 aliphatic rings. The molecule has 22 heavy (non-hydrogen) atoms. The minimum atomic E-state index is -0.702. The van der Waals surface area contributed by atoms with Gasteiger partial charge in [0.15, 0.2) is 0 Å². The fourth-order valence-electron chi connectivity index (χ4n) is 2.68. The summed E-state index contributed by atoms with van der Waals surface area (Å²) in [6.45, 7) is 2.01. The molecular formula is C19H14O3. The number of carbonyl (C=O) groups is 1. The second-order valence-electron chi connectivity index (χ2n) is 5.43. The average molecular weight is 290 g/mol. The standard InChI is InChI=1S/C19H14O3/c1-12-6-8-14(9-7-12)19-21-17-15-5-3-2-4-13(15)10-11-16(17)18(20)22-19/h2-11,19H,1H3. The molecule has 0 aliphatic carbocycles. The third-order valence-electron chi connectivity index (χ3n) is 3.89. The van der Waals surface area contributed by atoms with Gasteiger partial charge in [-0.1, -0.05) is 60.2 Å². The van der Waals surface area contributed by atoms with Crippen molar-refractivity contribution < 1.29 is 14.3 Å². The summed E-state index contributed by atoms with van der Waals surface area (Å²) in [5.74, 6) is 0.248. The molecule has 1 heterocycles. The van der Waals surface area contributed by atoms with E-state index in [1.165, 1.54) is 0 Å². The Morgan fingerprint density at radius 3 is 2.45 bits per heavy atom. The van der Waals surface area contributed by atoms with Crippen molar-refractivity contribution in [3.63, 3.8) is 0 Å². The number of carbonyl (C=O) groups excluding carboxylic acids is 1. The van der Waals surface area contributed by atoms with E-state index in [1.807, 2.05) is 61.5 Å². The fraction of sp³-hybridized carbons (Fsp3) is 0.105. The van der Waals surface area contributed by atoms with Crippen LogP contribution in [0.1, 0.15) is 27.8 Å².